The Balaban J connectivity index is 2.58. The van der Waals surface area contributed by atoms with Crippen LogP contribution < -0.4 is 10.5 Å². The number of nitrogens with two attached hydrogens (primary N) is 1. The third kappa shape index (κ3) is 2.26. The van der Waals surface area contributed by atoms with E-state index in [0.717, 1.165) is 15.7 Å². The van der Waals surface area contributed by atoms with Crippen molar-refractivity contribution in [2.75, 3.05) is 7.11 Å². The predicted octanol–water partition coefficient (Wildman–Crippen LogP) is 3.07. The highest BCUT2D eigenvalue weighted by molar-refractivity contribution is 9.10. The van der Waals surface area contributed by atoms with E-state index < -0.39 is 5.54 Å². The number of hydrogen-bond acceptors (Lipinski definition) is 3. The molecule has 1 unspecified atom stereocenters. The number of nitrogens with zero attached hydrogens (tertiary/aromatic N) is 1. The van der Waals surface area contributed by atoms with Gasteiger partial charge in [-0.15, -0.1) is 0 Å². The molecular formula is C14H15BrN2O. The van der Waals surface area contributed by atoms with Crippen molar-refractivity contribution in [1.29, 1.82) is 0 Å². The fourth-order valence-electron chi connectivity index (χ4n) is 1.96. The maximum absolute atomic E-state index is 6.46. The van der Waals surface area contributed by atoms with Gasteiger partial charge in [-0.3, -0.25) is 4.98 Å². The molecule has 3 nitrogen and oxygen atoms in total. The van der Waals surface area contributed by atoms with Gasteiger partial charge in [-0.1, -0.05) is 34.1 Å². The molecule has 0 radical (unpaired) electrons. The van der Waals surface area contributed by atoms with Crippen LogP contribution in [-0.4, -0.2) is 12.1 Å². The second-order valence-corrected chi connectivity index (χ2v) is 5.09. The molecule has 0 saturated carbocycles. The van der Waals surface area contributed by atoms with Gasteiger partial charge in [0, 0.05) is 10.7 Å². The molecule has 0 bridgehead atoms. The average molecular weight is 307 g/mol. The molecule has 1 aromatic carbocycles. The average Bonchev–Trinajstić information content (AvgIpc) is 2.39. The lowest BCUT2D eigenvalue weighted by Gasteiger charge is -2.27. The van der Waals surface area contributed by atoms with Crippen LogP contribution >= 0.6 is 15.9 Å². The number of pyridine rings is 1. The highest BCUT2D eigenvalue weighted by Crippen LogP contribution is 2.34. The van der Waals surface area contributed by atoms with Crippen molar-refractivity contribution in [2.24, 2.45) is 5.73 Å². The number of benzene rings is 1. The largest absolute Gasteiger partial charge is 0.495 e. The first-order chi connectivity index (χ1) is 8.57. The van der Waals surface area contributed by atoms with Crippen molar-refractivity contribution in [1.82, 2.24) is 4.98 Å². The smallest absolute Gasteiger partial charge is 0.142 e. The Morgan fingerprint density at radius 3 is 2.61 bits per heavy atom. The molecule has 0 fully saturated rings. The molecule has 0 amide bonds. The Labute approximate surface area is 115 Å². The zero-order chi connectivity index (χ0) is 13.2. The van der Waals surface area contributed by atoms with Crippen LogP contribution in [0.25, 0.3) is 0 Å². The molecule has 18 heavy (non-hydrogen) atoms. The van der Waals surface area contributed by atoms with Gasteiger partial charge in [-0.25, -0.2) is 0 Å². The number of hydrogen-bond donors (Lipinski definition) is 1. The van der Waals surface area contributed by atoms with E-state index in [1.165, 1.54) is 0 Å². The van der Waals surface area contributed by atoms with E-state index in [9.17, 15) is 0 Å². The molecule has 0 aliphatic carbocycles. The zero-order valence-corrected chi connectivity index (χ0v) is 11.9. The Bertz CT molecular complexity index is 555. The summed E-state index contributed by atoms with van der Waals surface area (Å²) in [5.74, 6) is 0.693. The topological polar surface area (TPSA) is 48.1 Å². The SMILES string of the molecule is COc1cccnc1C(C)(N)c1ccccc1Br. The van der Waals surface area contributed by atoms with E-state index in [4.69, 9.17) is 10.5 Å². The molecule has 4 heteroatoms. The quantitative estimate of drug-likeness (QED) is 0.948. The normalized spacial score (nSPS) is 14.0. The molecule has 1 atom stereocenters. The summed E-state index contributed by atoms with van der Waals surface area (Å²) in [5.41, 5.74) is 7.44. The van der Waals surface area contributed by atoms with E-state index in [1.807, 2.05) is 43.3 Å². The van der Waals surface area contributed by atoms with Crippen molar-refractivity contribution in [3.63, 3.8) is 0 Å². The number of rotatable bonds is 3. The molecule has 1 heterocycles. The first-order valence-electron chi connectivity index (χ1n) is 5.60. The summed E-state index contributed by atoms with van der Waals surface area (Å²) in [4.78, 5) is 4.37. The van der Waals surface area contributed by atoms with Crippen molar-refractivity contribution in [2.45, 2.75) is 12.5 Å². The Morgan fingerprint density at radius 1 is 1.22 bits per heavy atom. The van der Waals surface area contributed by atoms with Gasteiger partial charge in [-0.05, 0) is 30.7 Å². The number of ether oxygens (including phenoxy) is 1. The summed E-state index contributed by atoms with van der Waals surface area (Å²) in [5, 5.41) is 0. The molecule has 0 spiro atoms. The molecule has 0 aliphatic heterocycles. The van der Waals surface area contributed by atoms with E-state index in [1.54, 1.807) is 13.3 Å². The molecule has 1 aromatic heterocycles. The Morgan fingerprint density at radius 2 is 1.94 bits per heavy atom. The van der Waals surface area contributed by atoms with Crippen LogP contribution in [0.4, 0.5) is 0 Å². The molecule has 2 rings (SSSR count). The second kappa shape index (κ2) is 5.08. The molecule has 2 N–H and O–H groups in total. The molecule has 94 valence electrons. The van der Waals surface area contributed by atoms with Crippen LogP contribution in [0.2, 0.25) is 0 Å². The standard InChI is InChI=1S/C14H15BrN2O/c1-14(16,10-6-3-4-7-11(10)15)13-12(18-2)8-5-9-17-13/h3-9H,16H2,1-2H3. The second-order valence-electron chi connectivity index (χ2n) is 4.24. The van der Waals surface area contributed by atoms with E-state index in [2.05, 4.69) is 20.9 Å². The van der Waals surface area contributed by atoms with Gasteiger partial charge in [0.15, 0.2) is 0 Å². The summed E-state index contributed by atoms with van der Waals surface area (Å²) in [6.45, 7) is 1.93. The first kappa shape index (κ1) is 13.1. The number of methoxy groups -OCH3 is 1. The van der Waals surface area contributed by atoms with Crippen molar-refractivity contribution < 1.29 is 4.74 Å². The number of aromatic nitrogens is 1. The molecule has 2 aromatic rings. The van der Waals surface area contributed by atoms with Gasteiger partial charge in [0.25, 0.3) is 0 Å². The van der Waals surface area contributed by atoms with Gasteiger partial charge < -0.3 is 10.5 Å². The van der Waals surface area contributed by atoms with Gasteiger partial charge >= 0.3 is 0 Å². The fraction of sp³-hybridized carbons (Fsp3) is 0.214. The van der Waals surface area contributed by atoms with Gasteiger partial charge in [0.2, 0.25) is 0 Å². The van der Waals surface area contributed by atoms with Crippen LogP contribution in [0.5, 0.6) is 5.75 Å². The minimum Gasteiger partial charge on any atom is -0.495 e. The van der Waals surface area contributed by atoms with Gasteiger partial charge in [0.05, 0.1) is 12.6 Å². The highest BCUT2D eigenvalue weighted by Gasteiger charge is 2.30. The van der Waals surface area contributed by atoms with E-state index in [0.29, 0.717) is 5.75 Å². The van der Waals surface area contributed by atoms with E-state index >= 15 is 0 Å². The Hall–Kier alpha value is -1.39. The van der Waals surface area contributed by atoms with Gasteiger partial charge in [-0.2, -0.15) is 0 Å². The predicted molar refractivity (Wildman–Crippen MR) is 75.6 cm³/mol. The lowest BCUT2D eigenvalue weighted by molar-refractivity contribution is 0.393. The molecule has 0 aliphatic rings. The summed E-state index contributed by atoms with van der Waals surface area (Å²) >= 11 is 3.53. The third-order valence-corrected chi connectivity index (χ3v) is 3.61. The van der Waals surface area contributed by atoms with Crippen LogP contribution in [0, 0.1) is 0 Å². The van der Waals surface area contributed by atoms with E-state index in [-0.39, 0.29) is 0 Å². The van der Waals surface area contributed by atoms with Crippen molar-refractivity contribution in [3.05, 3.63) is 58.3 Å². The monoisotopic (exact) mass is 306 g/mol. The van der Waals surface area contributed by atoms with Crippen molar-refractivity contribution in [3.8, 4) is 5.75 Å². The minimum absolute atomic E-state index is 0.693. The number of halogens is 1. The van der Waals surface area contributed by atoms with Crippen molar-refractivity contribution >= 4 is 15.9 Å². The third-order valence-electron chi connectivity index (χ3n) is 2.92. The highest BCUT2D eigenvalue weighted by atomic mass is 79.9. The van der Waals surface area contributed by atoms with Crippen LogP contribution in [-0.2, 0) is 5.54 Å². The zero-order valence-electron chi connectivity index (χ0n) is 10.4. The van der Waals surface area contributed by atoms with Gasteiger partial charge in [0.1, 0.15) is 11.4 Å². The van der Waals surface area contributed by atoms with Crippen LogP contribution in [0.15, 0.2) is 47.1 Å². The van der Waals surface area contributed by atoms with Crippen LogP contribution in [0.1, 0.15) is 18.2 Å². The lowest BCUT2D eigenvalue weighted by Crippen LogP contribution is -2.36. The summed E-state index contributed by atoms with van der Waals surface area (Å²) in [6, 6.07) is 11.6. The maximum Gasteiger partial charge on any atom is 0.142 e. The minimum atomic E-state index is -0.716. The Kier molecular flexibility index (Phi) is 3.68. The summed E-state index contributed by atoms with van der Waals surface area (Å²) in [6.07, 6.45) is 1.72. The lowest BCUT2D eigenvalue weighted by atomic mass is 9.89. The first-order valence-corrected chi connectivity index (χ1v) is 6.40. The molecule has 0 saturated heterocycles. The summed E-state index contributed by atoms with van der Waals surface area (Å²) in [7, 11) is 1.62. The maximum atomic E-state index is 6.46. The van der Waals surface area contributed by atoms with Crippen LogP contribution in [0.3, 0.4) is 0 Å². The fourth-order valence-corrected chi connectivity index (χ4v) is 2.65. The summed E-state index contributed by atoms with van der Waals surface area (Å²) < 4.78 is 6.30. The molecular weight excluding hydrogens is 292 g/mol.